The van der Waals surface area contributed by atoms with Crippen LogP contribution < -0.4 is 0 Å². The van der Waals surface area contributed by atoms with Gasteiger partial charge in [-0.2, -0.15) is 18.4 Å². The molecule has 17 heavy (non-hydrogen) atoms. The zero-order chi connectivity index (χ0) is 12.5. The van der Waals surface area contributed by atoms with Crippen molar-refractivity contribution in [1.29, 1.82) is 5.26 Å². The van der Waals surface area contributed by atoms with Crippen molar-refractivity contribution in [2.75, 3.05) is 0 Å². The van der Waals surface area contributed by atoms with Crippen LogP contribution in [0.5, 0.6) is 0 Å². The molecule has 1 aromatic carbocycles. The molecule has 4 nitrogen and oxygen atoms in total. The molecule has 0 bridgehead atoms. The number of H-pyrrole nitrogens is 1. The molecule has 0 spiro atoms. The summed E-state index contributed by atoms with van der Waals surface area (Å²) in [7, 11) is 0. The van der Waals surface area contributed by atoms with Gasteiger partial charge in [0, 0.05) is 5.56 Å². The van der Waals surface area contributed by atoms with Crippen LogP contribution >= 0.6 is 0 Å². The van der Waals surface area contributed by atoms with Crippen LogP contribution in [0.25, 0.3) is 11.3 Å². The Morgan fingerprint density at radius 3 is 2.71 bits per heavy atom. The van der Waals surface area contributed by atoms with E-state index in [0.29, 0.717) is 0 Å². The average molecular weight is 238 g/mol. The Bertz CT molecular complexity index is 580. The molecule has 2 rings (SSSR count). The molecule has 86 valence electrons. The van der Waals surface area contributed by atoms with E-state index in [1.807, 2.05) is 0 Å². The molecule has 1 heterocycles. The molecule has 0 aliphatic heterocycles. The van der Waals surface area contributed by atoms with Gasteiger partial charge in [0.1, 0.15) is 11.8 Å². The van der Waals surface area contributed by atoms with E-state index in [-0.39, 0.29) is 17.0 Å². The average Bonchev–Trinajstić information content (AvgIpc) is 2.76. The number of halogens is 3. The highest BCUT2D eigenvalue weighted by Crippen LogP contribution is 2.31. The van der Waals surface area contributed by atoms with Crippen LogP contribution in [0, 0.1) is 11.3 Å². The van der Waals surface area contributed by atoms with Gasteiger partial charge in [0.2, 0.25) is 0 Å². The summed E-state index contributed by atoms with van der Waals surface area (Å²) in [5.74, 6) is 0. The fraction of sp³-hybridized carbons (Fsp3) is 0.100. The summed E-state index contributed by atoms with van der Waals surface area (Å²) in [6.45, 7) is 0. The topological polar surface area (TPSA) is 65.4 Å². The number of hydrogen-bond acceptors (Lipinski definition) is 3. The van der Waals surface area contributed by atoms with E-state index in [1.165, 1.54) is 12.1 Å². The SMILES string of the molecule is N#Cc1[nH]nnc1-c1cccc(C(F)(F)F)c1. The smallest absolute Gasteiger partial charge is 0.247 e. The van der Waals surface area contributed by atoms with Gasteiger partial charge < -0.3 is 0 Å². The minimum Gasteiger partial charge on any atom is -0.247 e. The quantitative estimate of drug-likeness (QED) is 0.829. The highest BCUT2D eigenvalue weighted by molar-refractivity contribution is 5.64. The second kappa shape index (κ2) is 3.90. The Balaban J connectivity index is 2.52. The number of benzene rings is 1. The number of rotatable bonds is 1. The maximum atomic E-state index is 12.5. The van der Waals surface area contributed by atoms with Crippen molar-refractivity contribution in [3.63, 3.8) is 0 Å². The zero-order valence-electron chi connectivity index (χ0n) is 8.28. The molecule has 1 aromatic heterocycles. The van der Waals surface area contributed by atoms with Crippen molar-refractivity contribution in [2.24, 2.45) is 0 Å². The van der Waals surface area contributed by atoms with Crippen molar-refractivity contribution >= 4 is 0 Å². The van der Waals surface area contributed by atoms with Crippen LogP contribution in [-0.4, -0.2) is 15.4 Å². The van der Waals surface area contributed by atoms with E-state index in [2.05, 4.69) is 15.4 Å². The van der Waals surface area contributed by atoms with Gasteiger partial charge in [-0.25, -0.2) is 5.10 Å². The van der Waals surface area contributed by atoms with Gasteiger partial charge >= 0.3 is 6.18 Å². The number of hydrogen-bond donors (Lipinski definition) is 1. The van der Waals surface area contributed by atoms with Crippen LogP contribution in [0.2, 0.25) is 0 Å². The third-order valence-corrected chi connectivity index (χ3v) is 2.12. The normalized spacial score (nSPS) is 11.2. The van der Waals surface area contributed by atoms with E-state index >= 15 is 0 Å². The van der Waals surface area contributed by atoms with Gasteiger partial charge in [-0.15, -0.1) is 5.10 Å². The second-order valence-electron chi connectivity index (χ2n) is 3.23. The molecule has 0 saturated carbocycles. The molecule has 1 N–H and O–H groups in total. The van der Waals surface area contributed by atoms with Crippen molar-refractivity contribution < 1.29 is 13.2 Å². The maximum absolute atomic E-state index is 12.5. The highest BCUT2D eigenvalue weighted by Gasteiger charge is 2.30. The Labute approximate surface area is 93.7 Å². The monoisotopic (exact) mass is 238 g/mol. The fourth-order valence-electron chi connectivity index (χ4n) is 1.35. The van der Waals surface area contributed by atoms with Crippen LogP contribution in [0.1, 0.15) is 11.3 Å². The molecule has 0 aliphatic rings. The summed E-state index contributed by atoms with van der Waals surface area (Å²) in [5.41, 5.74) is -0.449. The van der Waals surface area contributed by atoms with E-state index in [9.17, 15) is 13.2 Å². The minimum absolute atomic E-state index is 0.0318. The van der Waals surface area contributed by atoms with Gasteiger partial charge in [-0.3, -0.25) is 0 Å². The van der Waals surface area contributed by atoms with Crippen molar-refractivity contribution in [2.45, 2.75) is 6.18 Å². The number of aromatic nitrogens is 3. The Kier molecular flexibility index (Phi) is 2.55. The van der Waals surface area contributed by atoms with Gasteiger partial charge in [0.25, 0.3) is 0 Å². The molecule has 2 aromatic rings. The van der Waals surface area contributed by atoms with E-state index < -0.39 is 11.7 Å². The molecule has 0 radical (unpaired) electrons. The molecular weight excluding hydrogens is 233 g/mol. The number of aromatic amines is 1. The van der Waals surface area contributed by atoms with Gasteiger partial charge in [0.05, 0.1) is 5.56 Å². The van der Waals surface area contributed by atoms with Crippen LogP contribution in [0.15, 0.2) is 24.3 Å². The predicted octanol–water partition coefficient (Wildman–Crippen LogP) is 2.36. The van der Waals surface area contributed by atoms with Crippen LogP contribution in [0.3, 0.4) is 0 Å². The molecule has 7 heteroatoms. The number of nitrogens with one attached hydrogen (secondary N) is 1. The summed E-state index contributed by atoms with van der Waals surface area (Å²) in [6.07, 6.45) is -4.42. The highest BCUT2D eigenvalue weighted by atomic mass is 19.4. The Morgan fingerprint density at radius 1 is 1.29 bits per heavy atom. The van der Waals surface area contributed by atoms with Gasteiger partial charge in [0.15, 0.2) is 5.69 Å². The number of alkyl halides is 3. The fourth-order valence-corrected chi connectivity index (χ4v) is 1.35. The molecule has 0 amide bonds. The Hall–Kier alpha value is -2.36. The summed E-state index contributed by atoms with van der Waals surface area (Å²) in [4.78, 5) is 0. The molecule has 0 aliphatic carbocycles. The lowest BCUT2D eigenvalue weighted by molar-refractivity contribution is -0.137. The lowest BCUT2D eigenvalue weighted by atomic mass is 10.1. The van der Waals surface area contributed by atoms with Crippen LogP contribution in [0.4, 0.5) is 13.2 Å². The second-order valence-corrected chi connectivity index (χ2v) is 3.23. The first-order chi connectivity index (χ1) is 8.02. The molecule has 0 fully saturated rings. The van der Waals surface area contributed by atoms with E-state index in [1.54, 1.807) is 6.07 Å². The first kappa shape index (κ1) is 11.1. The third kappa shape index (κ3) is 2.10. The lowest BCUT2D eigenvalue weighted by Crippen LogP contribution is -2.04. The zero-order valence-corrected chi connectivity index (χ0v) is 8.28. The largest absolute Gasteiger partial charge is 0.416 e. The molecule has 0 atom stereocenters. The summed E-state index contributed by atoms with van der Waals surface area (Å²) in [5, 5.41) is 18.0. The number of nitrogens with zero attached hydrogens (tertiary/aromatic N) is 3. The molecule has 0 saturated heterocycles. The standard InChI is InChI=1S/C10H5F3N4/c11-10(12,13)7-3-1-2-6(4-7)9-8(5-14)15-17-16-9/h1-4H,(H,15,16,17). The van der Waals surface area contributed by atoms with E-state index in [0.717, 1.165) is 12.1 Å². The minimum atomic E-state index is -4.42. The Morgan fingerprint density at radius 2 is 2.06 bits per heavy atom. The van der Waals surface area contributed by atoms with Crippen molar-refractivity contribution in [3.05, 3.63) is 35.5 Å². The predicted molar refractivity (Wildman–Crippen MR) is 51.5 cm³/mol. The van der Waals surface area contributed by atoms with E-state index in [4.69, 9.17) is 5.26 Å². The van der Waals surface area contributed by atoms with Crippen LogP contribution in [-0.2, 0) is 6.18 Å². The number of nitriles is 1. The first-order valence-electron chi connectivity index (χ1n) is 4.51. The lowest BCUT2D eigenvalue weighted by Gasteiger charge is -2.07. The first-order valence-corrected chi connectivity index (χ1v) is 4.51. The van der Waals surface area contributed by atoms with Crippen molar-refractivity contribution in [3.8, 4) is 17.3 Å². The maximum Gasteiger partial charge on any atom is 0.416 e. The van der Waals surface area contributed by atoms with Gasteiger partial charge in [-0.1, -0.05) is 17.3 Å². The summed E-state index contributed by atoms with van der Waals surface area (Å²) in [6, 6.07) is 6.35. The third-order valence-electron chi connectivity index (χ3n) is 2.12. The molecular formula is C10H5F3N4. The van der Waals surface area contributed by atoms with Crippen molar-refractivity contribution in [1.82, 2.24) is 15.4 Å². The molecule has 0 unspecified atom stereocenters. The summed E-state index contributed by atoms with van der Waals surface area (Å²) < 4.78 is 37.4. The van der Waals surface area contributed by atoms with Gasteiger partial charge in [-0.05, 0) is 12.1 Å². The summed E-state index contributed by atoms with van der Waals surface area (Å²) >= 11 is 0.